The van der Waals surface area contributed by atoms with Crippen LogP contribution in [0.2, 0.25) is 0 Å². The van der Waals surface area contributed by atoms with E-state index in [2.05, 4.69) is 4.98 Å². The predicted octanol–water partition coefficient (Wildman–Crippen LogP) is 0.914. The Morgan fingerprint density at radius 2 is 2.42 bits per heavy atom. The summed E-state index contributed by atoms with van der Waals surface area (Å²) in [6.45, 7) is 0. The second-order valence-electron chi connectivity index (χ2n) is 2.01. The van der Waals surface area contributed by atoms with Crippen LogP contribution in [0.3, 0.4) is 0 Å². The average molecular weight is 182 g/mol. The molecule has 1 aromatic rings. The molecule has 5 heteroatoms. The van der Waals surface area contributed by atoms with Gasteiger partial charge in [0.05, 0.1) is 5.56 Å². The second kappa shape index (κ2) is 3.20. The van der Waals surface area contributed by atoms with Crippen LogP contribution in [0.5, 0.6) is 0 Å². The molecular weight excluding hydrogens is 178 g/mol. The maximum absolute atomic E-state index is 10.7. The van der Waals surface area contributed by atoms with Gasteiger partial charge in [0.15, 0.2) is 5.69 Å². The van der Waals surface area contributed by atoms with Gasteiger partial charge in [-0.3, -0.25) is 4.79 Å². The van der Waals surface area contributed by atoms with Gasteiger partial charge in [0.25, 0.3) is 5.24 Å². The summed E-state index contributed by atoms with van der Waals surface area (Å²) < 4.78 is 0. The van der Waals surface area contributed by atoms with Gasteiger partial charge in [0.2, 0.25) is 0 Å². The van der Waals surface area contributed by atoms with Gasteiger partial charge >= 0.3 is 0 Å². The third kappa shape index (κ3) is 1.36. The number of rotatable bonds is 1. The number of carbonyl (C=O) groups is 1. The molecule has 0 unspecified atom stereocenters. The zero-order chi connectivity index (χ0) is 9.14. The molecule has 12 heavy (non-hydrogen) atoms. The molecule has 0 fully saturated rings. The summed E-state index contributed by atoms with van der Waals surface area (Å²) in [6.07, 6.45) is 1.34. The van der Waals surface area contributed by atoms with Crippen molar-refractivity contribution < 1.29 is 4.79 Å². The van der Waals surface area contributed by atoms with Crippen molar-refractivity contribution in [1.29, 1.82) is 5.26 Å². The van der Waals surface area contributed by atoms with Crippen molar-refractivity contribution in [3.8, 4) is 6.07 Å². The zero-order valence-electron chi connectivity index (χ0n) is 5.91. The first-order valence-corrected chi connectivity index (χ1v) is 3.39. The molecule has 2 N–H and O–H groups in total. The first kappa shape index (κ1) is 8.50. The SMILES string of the molecule is N#Cc1nccc(N)c1C(=O)Cl. The number of hydrogen-bond donors (Lipinski definition) is 1. The lowest BCUT2D eigenvalue weighted by Crippen LogP contribution is -2.02. The number of carbonyl (C=O) groups excluding carboxylic acids is 1. The van der Waals surface area contributed by atoms with Crippen molar-refractivity contribution in [2.24, 2.45) is 0 Å². The van der Waals surface area contributed by atoms with Gasteiger partial charge in [-0.05, 0) is 17.7 Å². The molecule has 0 aliphatic rings. The quantitative estimate of drug-likeness (QED) is 0.654. The van der Waals surface area contributed by atoms with E-state index in [1.165, 1.54) is 12.3 Å². The number of anilines is 1. The summed E-state index contributed by atoms with van der Waals surface area (Å²) in [5.74, 6) is 0. The van der Waals surface area contributed by atoms with E-state index in [1.54, 1.807) is 6.07 Å². The molecule has 0 aromatic carbocycles. The molecule has 0 saturated carbocycles. The molecule has 4 nitrogen and oxygen atoms in total. The fourth-order valence-corrected chi connectivity index (χ4v) is 0.967. The van der Waals surface area contributed by atoms with Crippen LogP contribution in [0.15, 0.2) is 12.3 Å². The Hall–Kier alpha value is -1.60. The lowest BCUT2D eigenvalue weighted by Gasteiger charge is -1.99. The fourth-order valence-electron chi connectivity index (χ4n) is 0.768. The Morgan fingerprint density at radius 1 is 1.75 bits per heavy atom. The van der Waals surface area contributed by atoms with Crippen molar-refractivity contribution in [3.63, 3.8) is 0 Å². The Bertz CT molecular complexity index is 369. The minimum atomic E-state index is -0.767. The summed E-state index contributed by atoms with van der Waals surface area (Å²) >= 11 is 5.18. The lowest BCUT2D eigenvalue weighted by molar-refractivity contribution is 0.108. The molecule has 0 atom stereocenters. The van der Waals surface area contributed by atoms with Gasteiger partial charge in [0.1, 0.15) is 6.07 Å². The van der Waals surface area contributed by atoms with Crippen LogP contribution in [0, 0.1) is 11.3 Å². The van der Waals surface area contributed by atoms with E-state index in [-0.39, 0.29) is 16.9 Å². The van der Waals surface area contributed by atoms with E-state index in [0.29, 0.717) is 0 Å². The van der Waals surface area contributed by atoms with Gasteiger partial charge in [0, 0.05) is 11.9 Å². The van der Waals surface area contributed by atoms with Gasteiger partial charge in [-0.15, -0.1) is 0 Å². The van der Waals surface area contributed by atoms with Gasteiger partial charge < -0.3 is 5.73 Å². The normalized spacial score (nSPS) is 9.00. The predicted molar refractivity (Wildman–Crippen MR) is 43.5 cm³/mol. The summed E-state index contributed by atoms with van der Waals surface area (Å²) in [5, 5.41) is 7.75. The van der Waals surface area contributed by atoms with E-state index >= 15 is 0 Å². The number of halogens is 1. The topological polar surface area (TPSA) is 79.8 Å². The molecule has 0 amide bonds. The average Bonchev–Trinajstić information content (AvgIpc) is 2.03. The number of pyridine rings is 1. The highest BCUT2D eigenvalue weighted by molar-refractivity contribution is 6.68. The van der Waals surface area contributed by atoms with E-state index in [9.17, 15) is 4.79 Å². The summed E-state index contributed by atoms with van der Waals surface area (Å²) in [6, 6.07) is 3.13. The van der Waals surface area contributed by atoms with E-state index < -0.39 is 5.24 Å². The first-order chi connectivity index (χ1) is 5.66. The fraction of sp³-hybridized carbons (Fsp3) is 0. The number of nitrogens with zero attached hydrogens (tertiary/aromatic N) is 2. The minimum Gasteiger partial charge on any atom is -0.398 e. The number of aromatic nitrogens is 1. The van der Waals surface area contributed by atoms with Crippen LogP contribution in [0.4, 0.5) is 5.69 Å². The Morgan fingerprint density at radius 3 is 2.83 bits per heavy atom. The van der Waals surface area contributed by atoms with Crippen LogP contribution >= 0.6 is 11.6 Å². The van der Waals surface area contributed by atoms with Crippen molar-refractivity contribution in [3.05, 3.63) is 23.5 Å². The van der Waals surface area contributed by atoms with Gasteiger partial charge in [-0.1, -0.05) is 0 Å². The van der Waals surface area contributed by atoms with Crippen LogP contribution < -0.4 is 5.73 Å². The monoisotopic (exact) mass is 181 g/mol. The van der Waals surface area contributed by atoms with E-state index in [0.717, 1.165) is 0 Å². The van der Waals surface area contributed by atoms with E-state index in [4.69, 9.17) is 22.6 Å². The van der Waals surface area contributed by atoms with Crippen molar-refractivity contribution in [2.75, 3.05) is 5.73 Å². The summed E-state index contributed by atoms with van der Waals surface area (Å²) in [5.41, 5.74) is 5.50. The Labute approximate surface area is 73.6 Å². The summed E-state index contributed by atoms with van der Waals surface area (Å²) in [7, 11) is 0. The molecule has 0 radical (unpaired) electrons. The maximum atomic E-state index is 10.7. The maximum Gasteiger partial charge on any atom is 0.257 e. The third-order valence-corrected chi connectivity index (χ3v) is 1.47. The number of nitriles is 1. The largest absolute Gasteiger partial charge is 0.398 e. The van der Waals surface area contributed by atoms with Gasteiger partial charge in [-0.2, -0.15) is 5.26 Å². The Balaban J connectivity index is 3.42. The molecule has 1 rings (SSSR count). The molecule has 0 spiro atoms. The third-order valence-electron chi connectivity index (χ3n) is 1.29. The molecule has 1 aromatic heterocycles. The molecule has 1 heterocycles. The molecule has 0 saturated heterocycles. The highest BCUT2D eigenvalue weighted by atomic mass is 35.5. The zero-order valence-corrected chi connectivity index (χ0v) is 6.67. The standard InChI is InChI=1S/C7H4ClN3O/c8-7(12)6-4(10)1-2-11-5(6)3-9/h1-2H,(H2,10,11). The first-order valence-electron chi connectivity index (χ1n) is 3.01. The van der Waals surface area contributed by atoms with Crippen LogP contribution in [-0.4, -0.2) is 10.2 Å². The van der Waals surface area contributed by atoms with E-state index in [1.807, 2.05) is 0 Å². The lowest BCUT2D eigenvalue weighted by atomic mass is 10.2. The van der Waals surface area contributed by atoms with Gasteiger partial charge in [-0.25, -0.2) is 4.98 Å². The van der Waals surface area contributed by atoms with Crippen LogP contribution in [0.1, 0.15) is 16.1 Å². The summed E-state index contributed by atoms with van der Waals surface area (Å²) in [4.78, 5) is 14.4. The van der Waals surface area contributed by atoms with Crippen LogP contribution in [0.25, 0.3) is 0 Å². The smallest absolute Gasteiger partial charge is 0.257 e. The molecule has 0 bridgehead atoms. The highest BCUT2D eigenvalue weighted by Gasteiger charge is 2.12. The molecule has 0 aliphatic heterocycles. The van der Waals surface area contributed by atoms with Crippen molar-refractivity contribution in [1.82, 2.24) is 4.98 Å². The minimum absolute atomic E-state index is 0.0262. The molecule has 60 valence electrons. The van der Waals surface area contributed by atoms with Crippen LogP contribution in [-0.2, 0) is 0 Å². The highest BCUT2D eigenvalue weighted by Crippen LogP contribution is 2.15. The number of nitrogen functional groups attached to an aromatic ring is 1. The van der Waals surface area contributed by atoms with Crippen molar-refractivity contribution >= 4 is 22.5 Å². The molecular formula is C7H4ClN3O. The Kier molecular flexibility index (Phi) is 2.26. The number of nitrogens with two attached hydrogens (primary N) is 1. The van der Waals surface area contributed by atoms with Crippen molar-refractivity contribution in [2.45, 2.75) is 0 Å². The molecule has 0 aliphatic carbocycles. The second-order valence-corrected chi connectivity index (χ2v) is 2.35. The number of hydrogen-bond acceptors (Lipinski definition) is 4.